The lowest BCUT2D eigenvalue weighted by Crippen LogP contribution is -2.46. The number of carbonyl (C=O) groups excluding carboxylic acids is 1. The zero-order chi connectivity index (χ0) is 27.8. The lowest BCUT2D eigenvalue weighted by molar-refractivity contribution is 0.0829. The van der Waals surface area contributed by atoms with Crippen molar-refractivity contribution in [3.63, 3.8) is 0 Å². The number of aromatic nitrogens is 5. The summed E-state index contributed by atoms with van der Waals surface area (Å²) in [5, 5.41) is 8.89. The number of hydrogen-bond acceptors (Lipinski definition) is 7. The molecule has 1 aliphatic rings. The molecule has 204 valence electrons. The van der Waals surface area contributed by atoms with Crippen LogP contribution in [0.1, 0.15) is 10.4 Å². The normalized spacial score (nSPS) is 13.6. The van der Waals surface area contributed by atoms with Gasteiger partial charge in [-0.1, -0.05) is 12.1 Å². The van der Waals surface area contributed by atoms with Gasteiger partial charge < -0.3 is 19.4 Å². The van der Waals surface area contributed by atoms with Crippen LogP contribution in [0.2, 0.25) is 0 Å². The SMILES string of the molecule is COc1ccc(N2CCN(c3ccc(-c4cc(-c5cnn(C)c5)cn5ncc(C(=O)N(C)C)c45)cc3)CC2)cn1. The van der Waals surface area contributed by atoms with Crippen molar-refractivity contribution in [2.45, 2.75) is 0 Å². The van der Waals surface area contributed by atoms with Crippen molar-refractivity contribution in [3.8, 4) is 28.1 Å². The maximum atomic E-state index is 13.0. The van der Waals surface area contributed by atoms with E-state index in [0.717, 1.165) is 59.6 Å². The Balaban J connectivity index is 1.29. The largest absolute Gasteiger partial charge is 0.481 e. The lowest BCUT2D eigenvalue weighted by Gasteiger charge is -2.37. The van der Waals surface area contributed by atoms with E-state index >= 15 is 0 Å². The molecule has 5 aromatic rings. The minimum absolute atomic E-state index is 0.0769. The molecule has 1 saturated heterocycles. The first-order valence-corrected chi connectivity index (χ1v) is 13.2. The Morgan fingerprint density at radius 1 is 0.825 bits per heavy atom. The van der Waals surface area contributed by atoms with Crippen LogP contribution < -0.4 is 14.5 Å². The quantitative estimate of drug-likeness (QED) is 0.326. The van der Waals surface area contributed by atoms with E-state index in [-0.39, 0.29) is 5.91 Å². The summed E-state index contributed by atoms with van der Waals surface area (Å²) in [6.07, 6.45) is 9.29. The Morgan fingerprint density at radius 2 is 1.52 bits per heavy atom. The molecule has 1 aromatic carbocycles. The fourth-order valence-electron chi connectivity index (χ4n) is 5.22. The van der Waals surface area contributed by atoms with Crippen molar-refractivity contribution in [1.82, 2.24) is 29.3 Å². The van der Waals surface area contributed by atoms with Crippen LogP contribution in [0.15, 0.2) is 73.4 Å². The third-order valence-corrected chi connectivity index (χ3v) is 7.40. The van der Waals surface area contributed by atoms with Gasteiger partial charge in [0.25, 0.3) is 5.91 Å². The van der Waals surface area contributed by atoms with Crippen LogP contribution in [0.3, 0.4) is 0 Å². The first kappa shape index (κ1) is 25.4. The summed E-state index contributed by atoms with van der Waals surface area (Å²) in [5.74, 6) is 0.548. The molecular weight excluding hydrogens is 504 g/mol. The van der Waals surface area contributed by atoms with Gasteiger partial charge in [0, 0.05) is 88.2 Å². The molecule has 0 bridgehead atoms. The number of piperazine rings is 1. The maximum absolute atomic E-state index is 13.0. The van der Waals surface area contributed by atoms with Crippen LogP contribution in [0.5, 0.6) is 5.88 Å². The standard InChI is InChI=1S/C30H32N8O2/c1-34(2)30(39)27-18-33-38-20-22(23-16-32-35(3)19-23)15-26(29(27)38)21-5-7-24(8-6-21)36-11-13-37(14-12-36)25-9-10-28(40-4)31-17-25/h5-10,15-20H,11-14H2,1-4H3. The highest BCUT2D eigenvalue weighted by Gasteiger charge is 2.21. The minimum atomic E-state index is -0.0769. The third-order valence-electron chi connectivity index (χ3n) is 7.40. The Bertz CT molecular complexity index is 1650. The molecule has 0 radical (unpaired) electrons. The molecule has 1 amide bonds. The number of methoxy groups -OCH3 is 1. The van der Waals surface area contributed by atoms with E-state index in [2.05, 4.69) is 61.4 Å². The second-order valence-corrected chi connectivity index (χ2v) is 10.2. The Hall–Kier alpha value is -4.86. The second kappa shape index (κ2) is 10.4. The van der Waals surface area contributed by atoms with Crippen molar-refractivity contribution in [2.75, 3.05) is 57.2 Å². The van der Waals surface area contributed by atoms with Crippen molar-refractivity contribution < 1.29 is 9.53 Å². The molecule has 5 heterocycles. The topological polar surface area (TPSA) is 84.0 Å². The number of aryl methyl sites for hydroxylation is 1. The molecule has 4 aromatic heterocycles. The molecule has 0 N–H and O–H groups in total. The fourth-order valence-corrected chi connectivity index (χ4v) is 5.22. The van der Waals surface area contributed by atoms with E-state index in [4.69, 9.17) is 4.74 Å². The lowest BCUT2D eigenvalue weighted by atomic mass is 9.99. The highest BCUT2D eigenvalue weighted by molar-refractivity contribution is 6.05. The van der Waals surface area contributed by atoms with E-state index in [1.54, 1.807) is 41.5 Å². The van der Waals surface area contributed by atoms with E-state index in [1.165, 1.54) is 5.69 Å². The third kappa shape index (κ3) is 4.72. The number of pyridine rings is 2. The number of amides is 1. The molecule has 10 nitrogen and oxygen atoms in total. The molecule has 6 rings (SSSR count). The Kier molecular flexibility index (Phi) is 6.59. The zero-order valence-corrected chi connectivity index (χ0v) is 23.2. The molecule has 0 atom stereocenters. The van der Waals surface area contributed by atoms with Gasteiger partial charge in [-0.15, -0.1) is 0 Å². The van der Waals surface area contributed by atoms with Gasteiger partial charge in [0.2, 0.25) is 5.88 Å². The van der Waals surface area contributed by atoms with Crippen LogP contribution >= 0.6 is 0 Å². The van der Waals surface area contributed by atoms with Crippen molar-refractivity contribution >= 4 is 22.8 Å². The van der Waals surface area contributed by atoms with Crippen LogP contribution in [-0.2, 0) is 7.05 Å². The fraction of sp³-hybridized carbons (Fsp3) is 0.267. The molecule has 0 spiro atoms. The van der Waals surface area contributed by atoms with Gasteiger partial charge in [0.15, 0.2) is 0 Å². The highest BCUT2D eigenvalue weighted by Crippen LogP contribution is 2.33. The van der Waals surface area contributed by atoms with Crippen molar-refractivity contribution in [3.05, 3.63) is 79.0 Å². The van der Waals surface area contributed by atoms with Crippen LogP contribution in [0, 0.1) is 0 Å². The molecule has 10 heteroatoms. The number of ether oxygens (including phenoxy) is 1. The summed E-state index contributed by atoms with van der Waals surface area (Å²) >= 11 is 0. The monoisotopic (exact) mass is 536 g/mol. The number of fused-ring (bicyclic) bond motifs is 1. The number of anilines is 2. The maximum Gasteiger partial charge on any atom is 0.257 e. The molecular formula is C30H32N8O2. The van der Waals surface area contributed by atoms with Gasteiger partial charge in [0.05, 0.1) is 42.5 Å². The number of carbonyl (C=O) groups is 1. The number of nitrogens with zero attached hydrogens (tertiary/aromatic N) is 8. The predicted octanol–water partition coefficient (Wildman–Crippen LogP) is 3.83. The first-order chi connectivity index (χ1) is 19.4. The number of rotatable bonds is 6. The summed E-state index contributed by atoms with van der Waals surface area (Å²) < 4.78 is 8.77. The van der Waals surface area contributed by atoms with E-state index in [0.29, 0.717) is 11.4 Å². The Labute approximate surface area is 233 Å². The molecule has 1 fully saturated rings. The van der Waals surface area contributed by atoms with E-state index in [1.807, 2.05) is 37.9 Å². The predicted molar refractivity (Wildman–Crippen MR) is 156 cm³/mol. The van der Waals surface area contributed by atoms with Gasteiger partial charge in [0.1, 0.15) is 0 Å². The summed E-state index contributed by atoms with van der Waals surface area (Å²) in [4.78, 5) is 23.7. The Morgan fingerprint density at radius 3 is 2.12 bits per heavy atom. The smallest absolute Gasteiger partial charge is 0.257 e. The molecule has 40 heavy (non-hydrogen) atoms. The second-order valence-electron chi connectivity index (χ2n) is 10.2. The van der Waals surface area contributed by atoms with Crippen molar-refractivity contribution in [2.24, 2.45) is 7.05 Å². The first-order valence-electron chi connectivity index (χ1n) is 13.2. The van der Waals surface area contributed by atoms with Gasteiger partial charge >= 0.3 is 0 Å². The van der Waals surface area contributed by atoms with Gasteiger partial charge in [-0.3, -0.25) is 9.48 Å². The van der Waals surface area contributed by atoms with Crippen LogP contribution in [-0.4, -0.2) is 82.6 Å². The molecule has 0 aliphatic carbocycles. The summed E-state index contributed by atoms with van der Waals surface area (Å²) in [6, 6.07) is 14.7. The number of benzene rings is 1. The van der Waals surface area contributed by atoms with Gasteiger partial charge in [-0.2, -0.15) is 10.2 Å². The van der Waals surface area contributed by atoms with E-state index in [9.17, 15) is 4.79 Å². The molecule has 0 saturated carbocycles. The van der Waals surface area contributed by atoms with Crippen LogP contribution in [0.25, 0.3) is 27.8 Å². The van der Waals surface area contributed by atoms with Gasteiger partial charge in [-0.05, 0) is 29.8 Å². The van der Waals surface area contributed by atoms with Gasteiger partial charge in [-0.25, -0.2) is 9.50 Å². The highest BCUT2D eigenvalue weighted by atomic mass is 16.5. The summed E-state index contributed by atoms with van der Waals surface area (Å²) in [5.41, 5.74) is 7.60. The number of hydrogen-bond donors (Lipinski definition) is 0. The van der Waals surface area contributed by atoms with E-state index < -0.39 is 0 Å². The zero-order valence-electron chi connectivity index (χ0n) is 23.2. The average molecular weight is 537 g/mol. The van der Waals surface area contributed by atoms with Crippen molar-refractivity contribution in [1.29, 1.82) is 0 Å². The minimum Gasteiger partial charge on any atom is -0.481 e. The average Bonchev–Trinajstić information content (AvgIpc) is 3.63. The summed E-state index contributed by atoms with van der Waals surface area (Å²) in [6.45, 7) is 3.65. The molecule has 1 aliphatic heterocycles. The summed E-state index contributed by atoms with van der Waals surface area (Å²) in [7, 11) is 7.05. The molecule has 0 unspecified atom stereocenters. The van der Waals surface area contributed by atoms with Crippen LogP contribution in [0.4, 0.5) is 11.4 Å².